The maximum atomic E-state index is 12.3. The van der Waals surface area contributed by atoms with Crippen molar-refractivity contribution in [2.75, 3.05) is 20.1 Å². The van der Waals surface area contributed by atoms with Crippen LogP contribution in [-0.4, -0.2) is 35.9 Å². The summed E-state index contributed by atoms with van der Waals surface area (Å²) in [4.78, 5) is 19.9. The van der Waals surface area contributed by atoms with Gasteiger partial charge in [-0.05, 0) is 43.4 Å². The summed E-state index contributed by atoms with van der Waals surface area (Å²) in [6.45, 7) is 1.71. The van der Waals surface area contributed by atoms with E-state index in [4.69, 9.17) is 11.6 Å². The van der Waals surface area contributed by atoms with Crippen LogP contribution in [0.1, 0.15) is 27.7 Å². The third-order valence-corrected chi connectivity index (χ3v) is 5.39. The highest BCUT2D eigenvalue weighted by atomic mass is 35.5. The first kappa shape index (κ1) is 15.5. The lowest BCUT2D eigenvalue weighted by atomic mass is 9.99. The predicted octanol–water partition coefficient (Wildman–Crippen LogP) is 3.22. The molecule has 0 aliphatic carbocycles. The maximum Gasteiger partial charge on any atom is 0.252 e. The van der Waals surface area contributed by atoms with Crippen molar-refractivity contribution in [1.82, 2.24) is 15.2 Å². The molecule has 1 fully saturated rings. The normalized spacial score (nSPS) is 21.9. The molecule has 22 heavy (non-hydrogen) atoms. The molecule has 3 heterocycles. The van der Waals surface area contributed by atoms with Crippen LogP contribution in [0, 0.1) is 5.92 Å². The first-order valence-corrected chi connectivity index (χ1v) is 8.54. The van der Waals surface area contributed by atoms with Crippen molar-refractivity contribution < 1.29 is 4.79 Å². The van der Waals surface area contributed by atoms with Gasteiger partial charge in [-0.1, -0.05) is 17.7 Å². The number of hydrogen-bond acceptors (Lipinski definition) is 4. The van der Waals surface area contributed by atoms with Crippen LogP contribution >= 0.6 is 22.9 Å². The average molecular weight is 336 g/mol. The maximum absolute atomic E-state index is 12.3. The molecule has 116 valence electrons. The van der Waals surface area contributed by atoms with E-state index >= 15 is 0 Å². The third kappa shape index (κ3) is 3.16. The third-order valence-electron chi connectivity index (χ3n) is 4.15. The fourth-order valence-corrected chi connectivity index (χ4v) is 4.22. The molecule has 3 rings (SSSR count). The van der Waals surface area contributed by atoms with E-state index in [1.54, 1.807) is 23.6 Å². The number of nitrogens with one attached hydrogen (secondary N) is 1. The van der Waals surface area contributed by atoms with Crippen molar-refractivity contribution in [2.45, 2.75) is 12.5 Å². The number of likely N-dealkylation sites (tertiary alicyclic amines) is 1. The number of thiophene rings is 1. The van der Waals surface area contributed by atoms with Gasteiger partial charge >= 0.3 is 0 Å². The number of hydrogen-bond donors (Lipinski definition) is 1. The number of nitrogens with zero attached hydrogens (tertiary/aromatic N) is 2. The van der Waals surface area contributed by atoms with Crippen molar-refractivity contribution in [1.29, 1.82) is 0 Å². The fourth-order valence-electron chi connectivity index (χ4n) is 3.03. The molecule has 0 saturated carbocycles. The molecule has 0 spiro atoms. The van der Waals surface area contributed by atoms with Gasteiger partial charge in [-0.25, -0.2) is 0 Å². The number of amides is 1. The van der Waals surface area contributed by atoms with Gasteiger partial charge in [0.15, 0.2) is 0 Å². The van der Waals surface area contributed by atoms with Gasteiger partial charge in [-0.3, -0.25) is 14.7 Å². The summed E-state index contributed by atoms with van der Waals surface area (Å²) in [5.41, 5.74) is 0.482. The molecular weight excluding hydrogens is 318 g/mol. The molecule has 2 atom stereocenters. The standard InChI is InChI=1S/C16H18ClN3OS/c1-20-7-5-11(15(20)14-3-2-8-22-14)9-19-16(21)12-4-6-18-10-13(12)17/h2-4,6,8,10-11,15H,5,7,9H2,1H3,(H,19,21)/t11-,15-/m0/s1. The Morgan fingerprint density at radius 1 is 1.55 bits per heavy atom. The highest BCUT2D eigenvalue weighted by molar-refractivity contribution is 7.10. The Bertz CT molecular complexity index is 647. The topological polar surface area (TPSA) is 45.2 Å². The monoisotopic (exact) mass is 335 g/mol. The molecule has 6 heteroatoms. The summed E-state index contributed by atoms with van der Waals surface area (Å²) < 4.78 is 0. The van der Waals surface area contributed by atoms with Gasteiger partial charge in [0.1, 0.15) is 0 Å². The van der Waals surface area contributed by atoms with Gasteiger partial charge in [0, 0.05) is 29.9 Å². The smallest absolute Gasteiger partial charge is 0.252 e. The predicted molar refractivity (Wildman–Crippen MR) is 89.4 cm³/mol. The Hall–Kier alpha value is -1.43. The molecular formula is C16H18ClN3OS. The van der Waals surface area contributed by atoms with Crippen LogP contribution in [0.5, 0.6) is 0 Å². The van der Waals surface area contributed by atoms with Crippen LogP contribution in [0.3, 0.4) is 0 Å². The van der Waals surface area contributed by atoms with Crippen molar-refractivity contribution >= 4 is 28.8 Å². The molecule has 4 nitrogen and oxygen atoms in total. The van der Waals surface area contributed by atoms with E-state index in [0.29, 0.717) is 29.1 Å². The van der Waals surface area contributed by atoms with Crippen LogP contribution in [0.25, 0.3) is 0 Å². The molecule has 1 saturated heterocycles. The molecule has 1 amide bonds. The minimum Gasteiger partial charge on any atom is -0.352 e. The molecule has 2 aromatic rings. The van der Waals surface area contributed by atoms with E-state index in [-0.39, 0.29) is 5.91 Å². The van der Waals surface area contributed by atoms with E-state index in [1.165, 1.54) is 11.1 Å². The van der Waals surface area contributed by atoms with Crippen LogP contribution < -0.4 is 5.32 Å². The van der Waals surface area contributed by atoms with Crippen LogP contribution in [0.15, 0.2) is 36.0 Å². The van der Waals surface area contributed by atoms with Crippen LogP contribution in [0.4, 0.5) is 0 Å². The Kier molecular flexibility index (Phi) is 4.76. The van der Waals surface area contributed by atoms with Crippen molar-refractivity contribution in [3.05, 3.63) is 51.4 Å². The highest BCUT2D eigenvalue weighted by Gasteiger charge is 2.33. The summed E-state index contributed by atoms with van der Waals surface area (Å²) in [6, 6.07) is 6.28. The van der Waals surface area contributed by atoms with Gasteiger partial charge in [0.25, 0.3) is 5.91 Å². The Morgan fingerprint density at radius 2 is 2.41 bits per heavy atom. The van der Waals surface area contributed by atoms with E-state index in [2.05, 4.69) is 39.8 Å². The van der Waals surface area contributed by atoms with Gasteiger partial charge in [0.05, 0.1) is 10.6 Å². The number of rotatable bonds is 4. The summed E-state index contributed by atoms with van der Waals surface area (Å²) in [7, 11) is 2.14. The molecule has 0 bridgehead atoms. The average Bonchev–Trinajstić information content (AvgIpc) is 3.14. The van der Waals surface area contributed by atoms with E-state index in [0.717, 1.165) is 13.0 Å². The lowest BCUT2D eigenvalue weighted by Crippen LogP contribution is -2.32. The Balaban J connectivity index is 1.66. The van der Waals surface area contributed by atoms with E-state index in [1.807, 2.05) is 0 Å². The van der Waals surface area contributed by atoms with Crippen molar-refractivity contribution in [2.24, 2.45) is 5.92 Å². The number of pyridine rings is 1. The number of carbonyl (C=O) groups excluding carboxylic acids is 1. The van der Waals surface area contributed by atoms with Crippen molar-refractivity contribution in [3.8, 4) is 0 Å². The summed E-state index contributed by atoms with van der Waals surface area (Å²) in [6.07, 6.45) is 4.16. The molecule has 2 aromatic heterocycles. The molecule has 0 unspecified atom stereocenters. The minimum atomic E-state index is -0.133. The lowest BCUT2D eigenvalue weighted by Gasteiger charge is -2.24. The zero-order valence-electron chi connectivity index (χ0n) is 12.3. The van der Waals surface area contributed by atoms with Gasteiger partial charge in [-0.2, -0.15) is 0 Å². The fraction of sp³-hybridized carbons (Fsp3) is 0.375. The van der Waals surface area contributed by atoms with Gasteiger partial charge < -0.3 is 5.32 Å². The molecule has 0 radical (unpaired) electrons. The largest absolute Gasteiger partial charge is 0.352 e. The Morgan fingerprint density at radius 3 is 3.14 bits per heavy atom. The second-order valence-corrected chi connectivity index (χ2v) is 6.94. The molecule has 0 aromatic carbocycles. The quantitative estimate of drug-likeness (QED) is 0.933. The van der Waals surface area contributed by atoms with Crippen LogP contribution in [0.2, 0.25) is 5.02 Å². The zero-order valence-corrected chi connectivity index (χ0v) is 13.9. The van der Waals surface area contributed by atoms with E-state index in [9.17, 15) is 4.79 Å². The molecule has 1 N–H and O–H groups in total. The molecule has 1 aliphatic heterocycles. The highest BCUT2D eigenvalue weighted by Crippen LogP contribution is 2.37. The zero-order chi connectivity index (χ0) is 15.5. The number of carbonyl (C=O) groups is 1. The second kappa shape index (κ2) is 6.77. The summed E-state index contributed by atoms with van der Waals surface area (Å²) in [5, 5.41) is 5.51. The Labute approximate surface area is 139 Å². The second-order valence-electron chi connectivity index (χ2n) is 5.56. The lowest BCUT2D eigenvalue weighted by molar-refractivity contribution is 0.0944. The first-order chi connectivity index (χ1) is 10.7. The van der Waals surface area contributed by atoms with E-state index < -0.39 is 0 Å². The van der Waals surface area contributed by atoms with Gasteiger partial charge in [-0.15, -0.1) is 11.3 Å². The first-order valence-electron chi connectivity index (χ1n) is 7.28. The summed E-state index contributed by atoms with van der Waals surface area (Å²) in [5.74, 6) is 0.292. The van der Waals surface area contributed by atoms with Gasteiger partial charge in [0.2, 0.25) is 0 Å². The number of aromatic nitrogens is 1. The summed E-state index contributed by atoms with van der Waals surface area (Å²) >= 11 is 7.79. The number of halogens is 1. The minimum absolute atomic E-state index is 0.133. The SMILES string of the molecule is CN1CC[C@@H](CNC(=O)c2ccncc2Cl)[C@H]1c1cccs1. The van der Waals surface area contributed by atoms with Crippen LogP contribution in [-0.2, 0) is 0 Å². The van der Waals surface area contributed by atoms with Crippen molar-refractivity contribution in [3.63, 3.8) is 0 Å². The molecule has 1 aliphatic rings.